The van der Waals surface area contributed by atoms with Crippen LogP contribution in [0.25, 0.3) is 11.2 Å². The second kappa shape index (κ2) is 11.5. The van der Waals surface area contributed by atoms with Gasteiger partial charge in [0.05, 0.1) is 12.2 Å². The third-order valence-corrected chi connectivity index (χ3v) is 7.95. The molecule has 2 aromatic heterocycles. The summed E-state index contributed by atoms with van der Waals surface area (Å²) in [6, 6.07) is 7.61. The molecule has 4 heterocycles. The fraction of sp³-hybridized carbons (Fsp3) is 0.520. The van der Waals surface area contributed by atoms with Crippen molar-refractivity contribution in [2.75, 3.05) is 37.7 Å². The van der Waals surface area contributed by atoms with Crippen LogP contribution in [0.5, 0.6) is 0 Å². The van der Waals surface area contributed by atoms with Crippen molar-refractivity contribution in [1.29, 1.82) is 5.26 Å². The lowest BCUT2D eigenvalue weighted by atomic mass is 9.90. The minimum absolute atomic E-state index is 0. The Hall–Kier alpha value is -2.15. The van der Waals surface area contributed by atoms with Crippen LogP contribution in [0.15, 0.2) is 24.4 Å². The van der Waals surface area contributed by atoms with E-state index in [1.165, 1.54) is 19.3 Å². The molecule has 36 heavy (non-hydrogen) atoms. The van der Waals surface area contributed by atoms with E-state index < -0.39 is 0 Å². The maximum Gasteiger partial charge on any atom is 0.190 e. The van der Waals surface area contributed by atoms with Gasteiger partial charge in [0.15, 0.2) is 11.3 Å². The van der Waals surface area contributed by atoms with Crippen molar-refractivity contribution in [2.45, 2.75) is 44.7 Å². The Bertz CT molecular complexity index is 1250. The van der Waals surface area contributed by atoms with Gasteiger partial charge in [0.2, 0.25) is 0 Å². The van der Waals surface area contributed by atoms with Gasteiger partial charge in [0, 0.05) is 41.7 Å². The molecule has 3 atom stereocenters. The summed E-state index contributed by atoms with van der Waals surface area (Å²) in [5.41, 5.74) is 2.07. The number of nitriles is 1. The SMILES string of the molecule is C[C@H](c1ccc(Cl)cc1Cl)n1nc(C#N)c2ncc(N3CC[C@H](N4CCCCC4)[C@H](CO)C3)nc21.Cl. The van der Waals surface area contributed by atoms with Crippen molar-refractivity contribution < 1.29 is 5.11 Å². The van der Waals surface area contributed by atoms with Gasteiger partial charge in [-0.1, -0.05) is 35.7 Å². The highest BCUT2D eigenvalue weighted by Crippen LogP contribution is 2.32. The van der Waals surface area contributed by atoms with Crippen LogP contribution in [0.3, 0.4) is 0 Å². The van der Waals surface area contributed by atoms with Gasteiger partial charge in [-0.2, -0.15) is 10.4 Å². The van der Waals surface area contributed by atoms with E-state index in [1.807, 2.05) is 13.0 Å². The zero-order valence-corrected chi connectivity index (χ0v) is 22.5. The zero-order valence-electron chi connectivity index (χ0n) is 20.1. The van der Waals surface area contributed by atoms with E-state index in [2.05, 4.69) is 26.0 Å². The molecule has 1 N–H and O–H groups in total. The number of rotatable bonds is 5. The molecule has 0 saturated carbocycles. The molecule has 5 rings (SSSR count). The average Bonchev–Trinajstić information content (AvgIpc) is 3.26. The third kappa shape index (κ3) is 5.13. The topological polar surface area (TPSA) is 94.1 Å². The molecule has 0 unspecified atom stereocenters. The summed E-state index contributed by atoms with van der Waals surface area (Å²) in [6.45, 7) is 5.91. The molecule has 3 aromatic rings. The number of aliphatic hydroxyl groups is 1. The van der Waals surface area contributed by atoms with Crippen LogP contribution in [-0.4, -0.2) is 68.6 Å². The number of halogens is 3. The Balaban J connectivity index is 0.00000304. The van der Waals surface area contributed by atoms with E-state index >= 15 is 0 Å². The first kappa shape index (κ1) is 26.9. The predicted molar refractivity (Wildman–Crippen MR) is 144 cm³/mol. The molecule has 0 radical (unpaired) electrons. The summed E-state index contributed by atoms with van der Waals surface area (Å²) in [6.07, 6.45) is 6.46. The van der Waals surface area contributed by atoms with Gasteiger partial charge in [0.1, 0.15) is 17.4 Å². The van der Waals surface area contributed by atoms with Crippen molar-refractivity contribution in [3.63, 3.8) is 0 Å². The van der Waals surface area contributed by atoms with Gasteiger partial charge in [-0.25, -0.2) is 14.6 Å². The Kier molecular flexibility index (Phi) is 8.59. The molecule has 0 bridgehead atoms. The fourth-order valence-corrected chi connectivity index (χ4v) is 6.07. The molecule has 2 saturated heterocycles. The van der Waals surface area contributed by atoms with Gasteiger partial charge in [-0.15, -0.1) is 12.4 Å². The van der Waals surface area contributed by atoms with Crippen molar-refractivity contribution in [2.24, 2.45) is 5.92 Å². The first-order valence-electron chi connectivity index (χ1n) is 12.2. The Morgan fingerprint density at radius 3 is 2.67 bits per heavy atom. The second-order valence-corrected chi connectivity index (χ2v) is 10.3. The van der Waals surface area contributed by atoms with Crippen LogP contribution in [0.2, 0.25) is 10.0 Å². The quantitative estimate of drug-likeness (QED) is 0.492. The predicted octanol–water partition coefficient (Wildman–Crippen LogP) is 4.71. The van der Waals surface area contributed by atoms with Gasteiger partial charge in [-0.05, 0) is 57.0 Å². The van der Waals surface area contributed by atoms with E-state index in [0.717, 1.165) is 44.0 Å². The first-order chi connectivity index (χ1) is 17.0. The van der Waals surface area contributed by atoms with E-state index in [0.29, 0.717) is 27.3 Å². The van der Waals surface area contributed by atoms with Crippen LogP contribution in [-0.2, 0) is 0 Å². The molecule has 2 aliphatic rings. The minimum atomic E-state index is -0.274. The lowest BCUT2D eigenvalue weighted by Crippen LogP contribution is -2.53. The van der Waals surface area contributed by atoms with Crippen LogP contribution in [0.4, 0.5) is 5.82 Å². The molecule has 1 aromatic carbocycles. The maximum atomic E-state index is 10.2. The normalized spacial score (nSPS) is 21.7. The standard InChI is InChI=1S/C25H29Cl2N7O.ClH/c1-16(19-6-5-18(26)11-20(19)27)34-25-24(21(12-28)31-34)29-13-23(30-25)33-10-7-22(17(14-33)15-35)32-8-3-2-4-9-32;/h5-6,11,13,16-17,22,35H,2-4,7-10,14-15H2,1H3;1H/t16-,17+,22+;/m1./s1. The second-order valence-electron chi connectivity index (χ2n) is 9.49. The highest BCUT2D eigenvalue weighted by molar-refractivity contribution is 6.35. The average molecular weight is 551 g/mol. The number of hydrogen-bond acceptors (Lipinski definition) is 7. The number of benzene rings is 1. The van der Waals surface area contributed by atoms with E-state index in [9.17, 15) is 10.4 Å². The number of aromatic nitrogens is 4. The summed E-state index contributed by atoms with van der Waals surface area (Å²) in [4.78, 5) is 14.2. The summed E-state index contributed by atoms with van der Waals surface area (Å²) >= 11 is 12.5. The number of hydrogen-bond donors (Lipinski definition) is 1. The van der Waals surface area contributed by atoms with E-state index in [1.54, 1.807) is 23.0 Å². The van der Waals surface area contributed by atoms with Crippen LogP contribution in [0.1, 0.15) is 49.9 Å². The summed E-state index contributed by atoms with van der Waals surface area (Å²) in [5, 5.41) is 25.4. The molecule has 0 aliphatic carbocycles. The largest absolute Gasteiger partial charge is 0.396 e. The molecule has 2 aliphatic heterocycles. The minimum Gasteiger partial charge on any atom is -0.396 e. The summed E-state index contributed by atoms with van der Waals surface area (Å²) in [7, 11) is 0. The highest BCUT2D eigenvalue weighted by Gasteiger charge is 2.34. The Morgan fingerprint density at radius 2 is 1.97 bits per heavy atom. The molecule has 2 fully saturated rings. The lowest BCUT2D eigenvalue weighted by Gasteiger charge is -2.45. The van der Waals surface area contributed by atoms with Crippen LogP contribution in [0, 0.1) is 17.2 Å². The summed E-state index contributed by atoms with van der Waals surface area (Å²) in [5.74, 6) is 0.888. The Labute approximate surface area is 227 Å². The van der Waals surface area contributed by atoms with E-state index in [-0.39, 0.29) is 36.7 Å². The fourth-order valence-electron chi connectivity index (χ4n) is 5.51. The highest BCUT2D eigenvalue weighted by atomic mass is 35.5. The number of piperidine rings is 2. The summed E-state index contributed by atoms with van der Waals surface area (Å²) < 4.78 is 1.71. The third-order valence-electron chi connectivity index (χ3n) is 7.39. The smallest absolute Gasteiger partial charge is 0.190 e. The monoisotopic (exact) mass is 549 g/mol. The molecule has 0 spiro atoms. The van der Waals surface area contributed by atoms with Gasteiger partial charge in [0.25, 0.3) is 0 Å². The number of nitrogens with zero attached hydrogens (tertiary/aromatic N) is 7. The lowest BCUT2D eigenvalue weighted by molar-refractivity contribution is 0.0676. The van der Waals surface area contributed by atoms with Gasteiger partial charge < -0.3 is 10.0 Å². The number of fused-ring (bicyclic) bond motifs is 1. The molecular formula is C25H30Cl3N7O. The molecule has 192 valence electrons. The zero-order chi connectivity index (χ0) is 24.5. The van der Waals surface area contributed by atoms with Crippen molar-refractivity contribution in [3.05, 3.63) is 45.7 Å². The van der Waals surface area contributed by atoms with Crippen LogP contribution >= 0.6 is 35.6 Å². The molecule has 8 nitrogen and oxygen atoms in total. The maximum absolute atomic E-state index is 10.2. The number of anilines is 1. The first-order valence-corrected chi connectivity index (χ1v) is 13.0. The molecule has 0 amide bonds. The van der Waals surface area contributed by atoms with Crippen molar-refractivity contribution in [1.82, 2.24) is 24.6 Å². The van der Waals surface area contributed by atoms with Crippen molar-refractivity contribution >= 4 is 52.6 Å². The van der Waals surface area contributed by atoms with Gasteiger partial charge in [-0.3, -0.25) is 4.90 Å². The van der Waals surface area contributed by atoms with Crippen molar-refractivity contribution in [3.8, 4) is 6.07 Å². The Morgan fingerprint density at radius 1 is 1.19 bits per heavy atom. The van der Waals surface area contributed by atoms with Crippen LogP contribution < -0.4 is 4.90 Å². The number of aliphatic hydroxyl groups excluding tert-OH is 1. The van der Waals surface area contributed by atoms with E-state index in [4.69, 9.17) is 28.2 Å². The van der Waals surface area contributed by atoms with Gasteiger partial charge >= 0.3 is 0 Å². The molecule has 11 heteroatoms. The number of likely N-dealkylation sites (tertiary alicyclic amines) is 1. The molecular weight excluding hydrogens is 521 g/mol.